The van der Waals surface area contributed by atoms with Gasteiger partial charge in [0, 0.05) is 50.1 Å². The minimum Gasteiger partial charge on any atom is -0.141 e. The van der Waals surface area contributed by atoms with Crippen LogP contribution in [0.2, 0.25) is 0 Å². The Morgan fingerprint density at radius 2 is 1.05 bits per heavy atom. The van der Waals surface area contributed by atoms with E-state index in [-0.39, 0.29) is 0 Å². The molecule has 0 saturated heterocycles. The topological polar surface area (TPSA) is 0 Å². The first-order valence-corrected chi connectivity index (χ1v) is 9.40. The number of hydrogen-bond donors (Lipinski definition) is 0. The van der Waals surface area contributed by atoms with Crippen LogP contribution in [0, 0.1) is 13.8 Å². The molecule has 0 aliphatic rings. The van der Waals surface area contributed by atoms with E-state index in [4.69, 9.17) is 0 Å². The number of thiophene rings is 3. The van der Waals surface area contributed by atoms with Crippen LogP contribution in [-0.2, 0) is 0 Å². The zero-order valence-corrected chi connectivity index (χ0v) is 14.1. The third-order valence-corrected chi connectivity index (χ3v) is 7.36. The van der Waals surface area contributed by atoms with E-state index in [1.807, 2.05) is 34.0 Å². The average Bonchev–Trinajstić information content (AvgIpc) is 3.09. The Balaban J connectivity index is 2.07. The highest BCUT2D eigenvalue weighted by atomic mass is 32.1. The van der Waals surface area contributed by atoms with E-state index in [0.717, 1.165) is 0 Å². The number of rotatable bonds is 0. The second-order valence-corrected chi connectivity index (χ2v) is 9.12. The molecule has 21 heavy (non-hydrogen) atoms. The lowest BCUT2D eigenvalue weighted by Gasteiger charge is -1.93. The van der Waals surface area contributed by atoms with Crippen LogP contribution in [0.4, 0.5) is 0 Å². The summed E-state index contributed by atoms with van der Waals surface area (Å²) in [6.07, 6.45) is 0. The predicted octanol–water partition coefficient (Wildman–Crippen LogP) is 7.10. The molecule has 0 fully saturated rings. The van der Waals surface area contributed by atoms with Gasteiger partial charge in [-0.1, -0.05) is 12.1 Å². The number of aryl methyl sites for hydroxylation is 2. The van der Waals surface area contributed by atoms with Gasteiger partial charge in [-0.2, -0.15) is 0 Å². The molecule has 3 aromatic heterocycles. The molecule has 0 aliphatic heterocycles. The molecule has 0 unspecified atom stereocenters. The minimum atomic E-state index is 1.39. The van der Waals surface area contributed by atoms with Crippen molar-refractivity contribution in [3.8, 4) is 0 Å². The molecule has 0 saturated carbocycles. The molecule has 5 aromatic rings. The third kappa shape index (κ3) is 1.60. The van der Waals surface area contributed by atoms with Crippen molar-refractivity contribution in [1.82, 2.24) is 0 Å². The fourth-order valence-electron chi connectivity index (χ4n) is 3.17. The van der Waals surface area contributed by atoms with E-state index in [2.05, 4.69) is 50.2 Å². The molecule has 0 atom stereocenters. The molecule has 0 nitrogen and oxygen atoms in total. The van der Waals surface area contributed by atoms with Gasteiger partial charge in [-0.15, -0.1) is 34.0 Å². The molecule has 0 N–H and O–H groups in total. The van der Waals surface area contributed by atoms with Gasteiger partial charge in [0.05, 0.1) is 0 Å². The summed E-state index contributed by atoms with van der Waals surface area (Å²) in [7, 11) is 0. The Bertz CT molecular complexity index is 1060. The quantitative estimate of drug-likeness (QED) is 0.285. The van der Waals surface area contributed by atoms with Crippen molar-refractivity contribution in [2.24, 2.45) is 0 Å². The van der Waals surface area contributed by atoms with E-state index >= 15 is 0 Å². The Labute approximate surface area is 134 Å². The van der Waals surface area contributed by atoms with Crippen molar-refractivity contribution in [1.29, 1.82) is 0 Å². The number of hydrogen-bond acceptors (Lipinski definition) is 3. The van der Waals surface area contributed by atoms with Gasteiger partial charge in [0.1, 0.15) is 0 Å². The van der Waals surface area contributed by atoms with Crippen molar-refractivity contribution in [3.05, 3.63) is 46.2 Å². The summed E-state index contributed by atoms with van der Waals surface area (Å²) in [5, 5.41) is 5.67. The summed E-state index contributed by atoms with van der Waals surface area (Å²) in [4.78, 5) is 2.79. The largest absolute Gasteiger partial charge is 0.141 e. The van der Waals surface area contributed by atoms with Gasteiger partial charge >= 0.3 is 0 Å². The van der Waals surface area contributed by atoms with Crippen molar-refractivity contribution >= 4 is 74.4 Å². The summed E-state index contributed by atoms with van der Waals surface area (Å²) >= 11 is 5.75. The summed E-state index contributed by atoms with van der Waals surface area (Å²) in [5.74, 6) is 0. The fraction of sp³-hybridized carbons (Fsp3) is 0.111. The van der Waals surface area contributed by atoms with E-state index < -0.39 is 0 Å². The van der Waals surface area contributed by atoms with Crippen molar-refractivity contribution in [2.45, 2.75) is 13.8 Å². The Morgan fingerprint density at radius 1 is 0.571 bits per heavy atom. The number of fused-ring (bicyclic) bond motifs is 7. The molecule has 3 heteroatoms. The highest BCUT2D eigenvalue weighted by molar-refractivity contribution is 7.29. The molecular weight excluding hydrogens is 312 g/mol. The highest BCUT2D eigenvalue weighted by Crippen LogP contribution is 2.44. The zero-order valence-electron chi connectivity index (χ0n) is 11.7. The van der Waals surface area contributed by atoms with Crippen LogP contribution in [0.15, 0.2) is 36.4 Å². The van der Waals surface area contributed by atoms with Gasteiger partial charge in [-0.25, -0.2) is 0 Å². The molecule has 102 valence electrons. The molecule has 3 heterocycles. The monoisotopic (exact) mass is 324 g/mol. The molecule has 0 radical (unpaired) electrons. The third-order valence-electron chi connectivity index (χ3n) is 4.04. The molecule has 5 rings (SSSR count). The van der Waals surface area contributed by atoms with Crippen LogP contribution in [-0.4, -0.2) is 0 Å². The van der Waals surface area contributed by atoms with Gasteiger partial charge in [-0.3, -0.25) is 0 Å². The summed E-state index contributed by atoms with van der Waals surface area (Å²) < 4.78 is 5.71. The van der Waals surface area contributed by atoms with Gasteiger partial charge < -0.3 is 0 Å². The van der Waals surface area contributed by atoms with Crippen LogP contribution < -0.4 is 0 Å². The maximum Gasteiger partial charge on any atom is 0.0442 e. The maximum atomic E-state index is 2.34. The van der Waals surface area contributed by atoms with E-state index in [9.17, 15) is 0 Å². The zero-order chi connectivity index (χ0) is 14.1. The smallest absolute Gasteiger partial charge is 0.0442 e. The molecule has 0 aliphatic carbocycles. The Morgan fingerprint density at radius 3 is 1.52 bits per heavy atom. The van der Waals surface area contributed by atoms with E-state index in [1.165, 1.54) is 50.1 Å². The van der Waals surface area contributed by atoms with Gasteiger partial charge in [0.25, 0.3) is 0 Å². The van der Waals surface area contributed by atoms with Gasteiger partial charge in [-0.05, 0) is 38.1 Å². The lowest BCUT2D eigenvalue weighted by Crippen LogP contribution is -1.67. The Kier molecular flexibility index (Phi) is 2.35. The summed E-state index contributed by atoms with van der Waals surface area (Å²) in [5.41, 5.74) is 0. The first-order valence-electron chi connectivity index (χ1n) is 6.95. The van der Waals surface area contributed by atoms with Crippen LogP contribution in [0.25, 0.3) is 40.3 Å². The lowest BCUT2D eigenvalue weighted by atomic mass is 10.1. The number of benzene rings is 2. The first-order chi connectivity index (χ1) is 10.2. The van der Waals surface area contributed by atoms with Crippen LogP contribution in [0.3, 0.4) is 0 Å². The normalized spacial score (nSPS) is 12.3. The molecular formula is C18H12S3. The summed E-state index contributed by atoms with van der Waals surface area (Å²) in [6.45, 7) is 4.40. The SMILES string of the molecule is Cc1cc2c(ccc3c4ccc5sc(C)cc5c4sc23)s1. The van der Waals surface area contributed by atoms with Crippen LogP contribution in [0.1, 0.15) is 9.75 Å². The van der Waals surface area contributed by atoms with E-state index in [1.54, 1.807) is 0 Å². The van der Waals surface area contributed by atoms with Crippen molar-refractivity contribution in [2.75, 3.05) is 0 Å². The van der Waals surface area contributed by atoms with Crippen molar-refractivity contribution in [3.63, 3.8) is 0 Å². The highest BCUT2D eigenvalue weighted by Gasteiger charge is 2.13. The Hall–Kier alpha value is -1.42. The second-order valence-electron chi connectivity index (χ2n) is 5.52. The van der Waals surface area contributed by atoms with Crippen LogP contribution >= 0.6 is 34.0 Å². The lowest BCUT2D eigenvalue weighted by molar-refractivity contribution is 1.66. The van der Waals surface area contributed by atoms with E-state index in [0.29, 0.717) is 0 Å². The van der Waals surface area contributed by atoms with Gasteiger partial charge in [0.2, 0.25) is 0 Å². The molecule has 2 aromatic carbocycles. The predicted molar refractivity (Wildman–Crippen MR) is 99.6 cm³/mol. The van der Waals surface area contributed by atoms with Crippen molar-refractivity contribution < 1.29 is 0 Å². The second kappa shape index (κ2) is 4.07. The molecule has 0 bridgehead atoms. The molecule has 0 amide bonds. The standard InChI is InChI=1S/C18H12S3/c1-9-7-13-15(19-9)5-3-11-12-4-6-16-14(8-10(2)20-16)18(12)21-17(11)13/h3-8H,1-2H3. The van der Waals surface area contributed by atoms with Crippen LogP contribution in [0.5, 0.6) is 0 Å². The summed E-state index contributed by atoms with van der Waals surface area (Å²) in [6, 6.07) is 13.9. The maximum absolute atomic E-state index is 2.34. The van der Waals surface area contributed by atoms with Gasteiger partial charge in [0.15, 0.2) is 0 Å². The first kappa shape index (κ1) is 12.2. The fourth-order valence-corrected chi connectivity index (χ4v) is 6.50. The average molecular weight is 324 g/mol. The minimum absolute atomic E-state index is 1.39. The molecule has 0 spiro atoms.